The molecule has 3 aromatic heterocycles. The van der Waals surface area contributed by atoms with Crippen LogP contribution >= 0.6 is 0 Å². The van der Waals surface area contributed by atoms with Gasteiger partial charge in [0.1, 0.15) is 5.82 Å². The Morgan fingerprint density at radius 2 is 2.24 bits per heavy atom. The van der Waals surface area contributed by atoms with Gasteiger partial charge in [-0.3, -0.25) is 11.3 Å². The van der Waals surface area contributed by atoms with Crippen LogP contribution in [0, 0.1) is 0 Å². The fraction of sp³-hybridized carbons (Fsp3) is 0.333. The van der Waals surface area contributed by atoms with Crippen molar-refractivity contribution >= 4 is 5.52 Å². The van der Waals surface area contributed by atoms with Crippen molar-refractivity contribution in [2.24, 2.45) is 5.84 Å². The van der Waals surface area contributed by atoms with E-state index >= 15 is 0 Å². The molecule has 1 atom stereocenters. The Bertz CT molecular complexity index is 714. The standard InChI is InChI=1S/C15H20N6/c1-2-7-20-9-6-17-15(20)10-13(19-16)12-11-18-21-8-4-3-5-14(12)21/h3-6,8-9,11,13,19H,2,7,10,16H2,1H3. The largest absolute Gasteiger partial charge is 0.335 e. The van der Waals surface area contributed by atoms with Gasteiger partial charge in [0.15, 0.2) is 0 Å². The number of nitrogens with zero attached hydrogens (tertiary/aromatic N) is 4. The smallest absolute Gasteiger partial charge is 0.110 e. The van der Waals surface area contributed by atoms with Gasteiger partial charge in [-0.05, 0) is 18.6 Å². The van der Waals surface area contributed by atoms with Gasteiger partial charge < -0.3 is 4.57 Å². The van der Waals surface area contributed by atoms with E-state index in [-0.39, 0.29) is 6.04 Å². The van der Waals surface area contributed by atoms with Crippen LogP contribution in [0.2, 0.25) is 0 Å². The lowest BCUT2D eigenvalue weighted by Crippen LogP contribution is -2.30. The quantitative estimate of drug-likeness (QED) is 0.533. The van der Waals surface area contributed by atoms with Gasteiger partial charge in [0.25, 0.3) is 0 Å². The van der Waals surface area contributed by atoms with Crippen LogP contribution in [0.15, 0.2) is 43.0 Å². The van der Waals surface area contributed by atoms with Crippen LogP contribution in [-0.2, 0) is 13.0 Å². The molecule has 0 saturated heterocycles. The average molecular weight is 284 g/mol. The second-order valence-electron chi connectivity index (χ2n) is 5.09. The third-order valence-corrected chi connectivity index (χ3v) is 3.69. The molecule has 0 fully saturated rings. The highest BCUT2D eigenvalue weighted by atomic mass is 15.3. The molecule has 6 heteroatoms. The van der Waals surface area contributed by atoms with E-state index in [1.807, 2.05) is 47.5 Å². The number of aromatic nitrogens is 4. The predicted octanol–water partition coefficient (Wildman–Crippen LogP) is 1.69. The second-order valence-corrected chi connectivity index (χ2v) is 5.09. The van der Waals surface area contributed by atoms with Gasteiger partial charge in [0.05, 0.1) is 17.8 Å². The summed E-state index contributed by atoms with van der Waals surface area (Å²) in [4.78, 5) is 4.45. The maximum absolute atomic E-state index is 5.77. The van der Waals surface area contributed by atoms with Crippen LogP contribution in [0.25, 0.3) is 5.52 Å². The number of aryl methyl sites for hydroxylation is 1. The number of nitrogens with two attached hydrogens (primary N) is 1. The lowest BCUT2D eigenvalue weighted by Gasteiger charge is -2.15. The molecule has 0 aliphatic rings. The highest BCUT2D eigenvalue weighted by Crippen LogP contribution is 2.21. The molecule has 0 aliphatic heterocycles. The van der Waals surface area contributed by atoms with Crippen molar-refractivity contribution in [2.75, 3.05) is 0 Å². The zero-order chi connectivity index (χ0) is 14.7. The summed E-state index contributed by atoms with van der Waals surface area (Å²) in [6, 6.07) is 6.00. The number of imidazole rings is 1. The number of fused-ring (bicyclic) bond motifs is 1. The molecule has 0 aromatic carbocycles. The highest BCUT2D eigenvalue weighted by molar-refractivity contribution is 5.54. The summed E-state index contributed by atoms with van der Waals surface area (Å²) in [5.74, 6) is 6.81. The molecule has 0 spiro atoms. The van der Waals surface area contributed by atoms with E-state index in [0.717, 1.165) is 36.3 Å². The second kappa shape index (κ2) is 6.07. The van der Waals surface area contributed by atoms with Crippen molar-refractivity contribution in [1.29, 1.82) is 0 Å². The number of rotatable bonds is 6. The van der Waals surface area contributed by atoms with Gasteiger partial charge in [-0.15, -0.1) is 0 Å². The van der Waals surface area contributed by atoms with Crippen LogP contribution in [0.4, 0.5) is 0 Å². The van der Waals surface area contributed by atoms with Crippen LogP contribution < -0.4 is 11.3 Å². The molecule has 6 nitrogen and oxygen atoms in total. The van der Waals surface area contributed by atoms with Crippen molar-refractivity contribution < 1.29 is 0 Å². The third-order valence-electron chi connectivity index (χ3n) is 3.69. The summed E-state index contributed by atoms with van der Waals surface area (Å²) in [6.07, 6.45) is 9.48. The molecule has 21 heavy (non-hydrogen) atoms. The summed E-state index contributed by atoms with van der Waals surface area (Å²) in [5, 5.41) is 4.37. The first-order valence-electron chi connectivity index (χ1n) is 7.22. The number of pyridine rings is 1. The first-order chi connectivity index (χ1) is 10.3. The van der Waals surface area contributed by atoms with E-state index in [2.05, 4.69) is 27.0 Å². The van der Waals surface area contributed by atoms with E-state index in [1.165, 1.54) is 0 Å². The molecule has 110 valence electrons. The highest BCUT2D eigenvalue weighted by Gasteiger charge is 2.17. The maximum Gasteiger partial charge on any atom is 0.110 e. The van der Waals surface area contributed by atoms with E-state index in [9.17, 15) is 0 Å². The summed E-state index contributed by atoms with van der Waals surface area (Å²) in [6.45, 7) is 3.13. The lowest BCUT2D eigenvalue weighted by atomic mass is 10.1. The van der Waals surface area contributed by atoms with Crippen LogP contribution in [0.3, 0.4) is 0 Å². The maximum atomic E-state index is 5.77. The van der Waals surface area contributed by atoms with Crippen LogP contribution in [0.1, 0.15) is 30.8 Å². The number of hydrazine groups is 1. The molecule has 3 rings (SSSR count). The van der Waals surface area contributed by atoms with E-state index < -0.39 is 0 Å². The van der Waals surface area contributed by atoms with Gasteiger partial charge in [-0.1, -0.05) is 13.0 Å². The minimum absolute atomic E-state index is 0.0112. The average Bonchev–Trinajstić information content (AvgIpc) is 3.12. The summed E-state index contributed by atoms with van der Waals surface area (Å²) in [5.41, 5.74) is 5.05. The van der Waals surface area contributed by atoms with Crippen molar-refractivity contribution in [3.8, 4) is 0 Å². The molecule has 0 aliphatic carbocycles. The molecule has 3 N–H and O–H groups in total. The van der Waals surface area contributed by atoms with Gasteiger partial charge >= 0.3 is 0 Å². The first-order valence-corrected chi connectivity index (χ1v) is 7.22. The van der Waals surface area contributed by atoms with Gasteiger partial charge in [-0.25, -0.2) is 9.50 Å². The van der Waals surface area contributed by atoms with Crippen molar-refractivity contribution in [2.45, 2.75) is 32.4 Å². The number of hydrogen-bond donors (Lipinski definition) is 2. The molecule has 0 radical (unpaired) electrons. The van der Waals surface area contributed by atoms with Gasteiger partial charge in [-0.2, -0.15) is 5.10 Å². The molecule has 0 amide bonds. The summed E-state index contributed by atoms with van der Waals surface area (Å²) >= 11 is 0. The van der Waals surface area contributed by atoms with Gasteiger partial charge in [0.2, 0.25) is 0 Å². The number of hydrogen-bond acceptors (Lipinski definition) is 4. The topological polar surface area (TPSA) is 73.2 Å². The Morgan fingerprint density at radius 3 is 3.05 bits per heavy atom. The van der Waals surface area contributed by atoms with E-state index in [4.69, 9.17) is 5.84 Å². The molecule has 3 heterocycles. The van der Waals surface area contributed by atoms with E-state index in [1.54, 1.807) is 0 Å². The Hall–Kier alpha value is -2.18. The molecular formula is C15H20N6. The fourth-order valence-electron chi connectivity index (χ4n) is 2.64. The Morgan fingerprint density at radius 1 is 1.33 bits per heavy atom. The normalized spacial score (nSPS) is 12.9. The Kier molecular flexibility index (Phi) is 3.98. The molecule has 1 unspecified atom stereocenters. The third kappa shape index (κ3) is 2.68. The molecule has 0 saturated carbocycles. The fourth-order valence-corrected chi connectivity index (χ4v) is 2.64. The predicted molar refractivity (Wildman–Crippen MR) is 81.5 cm³/mol. The monoisotopic (exact) mass is 284 g/mol. The molecular weight excluding hydrogens is 264 g/mol. The van der Waals surface area contributed by atoms with Crippen molar-refractivity contribution in [3.05, 3.63) is 54.4 Å². The van der Waals surface area contributed by atoms with Crippen molar-refractivity contribution in [3.63, 3.8) is 0 Å². The Balaban J connectivity index is 1.90. The number of nitrogens with one attached hydrogen (secondary N) is 1. The first kappa shape index (κ1) is 13.8. The minimum atomic E-state index is -0.0112. The molecule has 3 aromatic rings. The summed E-state index contributed by atoms with van der Waals surface area (Å²) < 4.78 is 4.04. The van der Waals surface area contributed by atoms with E-state index in [0.29, 0.717) is 0 Å². The lowest BCUT2D eigenvalue weighted by molar-refractivity contribution is 0.519. The summed E-state index contributed by atoms with van der Waals surface area (Å²) in [7, 11) is 0. The zero-order valence-electron chi connectivity index (χ0n) is 12.1. The SMILES string of the molecule is CCCn1ccnc1CC(NN)c1cnn2ccccc12. The minimum Gasteiger partial charge on any atom is -0.335 e. The Labute approximate surface area is 123 Å². The van der Waals surface area contributed by atoms with Crippen LogP contribution in [-0.4, -0.2) is 19.2 Å². The van der Waals surface area contributed by atoms with Gasteiger partial charge in [0, 0.05) is 37.1 Å². The molecule has 0 bridgehead atoms. The van der Waals surface area contributed by atoms with Crippen LogP contribution in [0.5, 0.6) is 0 Å². The zero-order valence-corrected chi connectivity index (χ0v) is 12.1. The van der Waals surface area contributed by atoms with Crippen molar-refractivity contribution in [1.82, 2.24) is 24.6 Å².